The summed E-state index contributed by atoms with van der Waals surface area (Å²) in [6.45, 7) is 4.35. The van der Waals surface area contributed by atoms with E-state index < -0.39 is 4.92 Å². The minimum atomic E-state index is -0.563. The first-order valence-electron chi connectivity index (χ1n) is 8.00. The summed E-state index contributed by atoms with van der Waals surface area (Å²) in [5.74, 6) is 0.0343. The van der Waals surface area contributed by atoms with E-state index in [1.807, 2.05) is 35.6 Å². The molecule has 2 rings (SSSR count). The molecule has 2 aromatic carbocycles. The molecule has 0 aromatic heterocycles. The lowest BCUT2D eigenvalue weighted by Crippen LogP contribution is -2.88. The van der Waals surface area contributed by atoms with Crippen LogP contribution in [0.5, 0.6) is 0 Å². The third-order valence-corrected chi connectivity index (χ3v) is 4.13. The number of hydrogen-bond donors (Lipinski definition) is 2. The van der Waals surface area contributed by atoms with Crippen LogP contribution < -0.4 is 10.6 Å². The van der Waals surface area contributed by atoms with Gasteiger partial charge in [0.15, 0.2) is 6.54 Å². The van der Waals surface area contributed by atoms with Crippen molar-refractivity contribution in [2.24, 2.45) is 5.92 Å². The lowest BCUT2D eigenvalue weighted by atomic mass is 9.96. The molecule has 0 aliphatic rings. The Hall–Kier alpha value is -2.44. The van der Waals surface area contributed by atoms with Crippen LogP contribution >= 0.6 is 11.6 Å². The average Bonchev–Trinajstić information content (AvgIpc) is 2.57. The highest BCUT2D eigenvalue weighted by molar-refractivity contribution is 6.31. The Labute approximate surface area is 151 Å². The topological polar surface area (TPSA) is 88.8 Å². The van der Waals surface area contributed by atoms with Crippen molar-refractivity contribution in [3.8, 4) is 0 Å². The van der Waals surface area contributed by atoms with Gasteiger partial charge in [-0.1, -0.05) is 55.8 Å². The molecule has 0 saturated heterocycles. The zero-order chi connectivity index (χ0) is 18.4. The molecule has 1 amide bonds. The first kappa shape index (κ1) is 18.9. The lowest BCUT2D eigenvalue weighted by molar-refractivity contribution is -0.692. The predicted molar refractivity (Wildman–Crippen MR) is 97.5 cm³/mol. The number of benzene rings is 2. The molecule has 0 spiro atoms. The third-order valence-electron chi connectivity index (χ3n) is 3.89. The van der Waals surface area contributed by atoms with Gasteiger partial charge in [-0.3, -0.25) is 14.9 Å². The molecule has 2 aromatic rings. The van der Waals surface area contributed by atoms with E-state index in [1.165, 1.54) is 18.2 Å². The van der Waals surface area contributed by atoms with Gasteiger partial charge >= 0.3 is 0 Å². The normalized spacial score (nSPS) is 12.0. The van der Waals surface area contributed by atoms with Gasteiger partial charge in [0.05, 0.1) is 4.92 Å². The van der Waals surface area contributed by atoms with E-state index in [0.717, 1.165) is 5.56 Å². The number of quaternary nitrogens is 1. The second-order valence-corrected chi connectivity index (χ2v) is 6.52. The number of nitrogens with zero attached hydrogens (tertiary/aromatic N) is 1. The first-order valence-corrected chi connectivity index (χ1v) is 8.38. The number of rotatable bonds is 7. The van der Waals surface area contributed by atoms with Crippen LogP contribution in [0.4, 0.5) is 11.4 Å². The van der Waals surface area contributed by atoms with Gasteiger partial charge in [-0.2, -0.15) is 0 Å². The van der Waals surface area contributed by atoms with Gasteiger partial charge < -0.3 is 10.6 Å². The first-order chi connectivity index (χ1) is 11.9. The standard InChI is InChI=1S/C18H20ClN3O3/c1-12(2)18(13-6-4-3-5-7-13)20-11-17(23)21-15-9-8-14(19)10-16(15)22(24)25/h3-10,12,18,20H,11H2,1-2H3,(H,21,23)/p+1/t18-/m0/s1. The molecular weight excluding hydrogens is 342 g/mol. The van der Waals surface area contributed by atoms with Gasteiger partial charge in [0.25, 0.3) is 11.6 Å². The molecule has 132 valence electrons. The van der Waals surface area contributed by atoms with Crippen molar-refractivity contribution in [1.29, 1.82) is 0 Å². The number of anilines is 1. The molecule has 25 heavy (non-hydrogen) atoms. The van der Waals surface area contributed by atoms with E-state index in [2.05, 4.69) is 19.2 Å². The van der Waals surface area contributed by atoms with Gasteiger partial charge in [0.1, 0.15) is 11.7 Å². The maximum absolute atomic E-state index is 12.2. The van der Waals surface area contributed by atoms with Crippen molar-refractivity contribution >= 4 is 28.9 Å². The third kappa shape index (κ3) is 5.27. The van der Waals surface area contributed by atoms with Crippen molar-refractivity contribution in [1.82, 2.24) is 0 Å². The summed E-state index contributed by atoms with van der Waals surface area (Å²) < 4.78 is 0. The predicted octanol–water partition coefficient (Wildman–Crippen LogP) is 3.15. The van der Waals surface area contributed by atoms with Crippen LogP contribution in [0.2, 0.25) is 5.02 Å². The summed E-state index contributed by atoms with van der Waals surface area (Å²) in [7, 11) is 0. The van der Waals surface area contributed by atoms with Crippen LogP contribution in [0.3, 0.4) is 0 Å². The zero-order valence-corrected chi connectivity index (χ0v) is 14.9. The Morgan fingerprint density at radius 3 is 2.52 bits per heavy atom. The van der Waals surface area contributed by atoms with Crippen molar-refractivity contribution in [2.75, 3.05) is 11.9 Å². The molecule has 3 N–H and O–H groups in total. The minimum absolute atomic E-state index is 0.132. The minimum Gasteiger partial charge on any atom is -0.332 e. The molecule has 1 atom stereocenters. The molecule has 0 fully saturated rings. The summed E-state index contributed by atoms with van der Waals surface area (Å²) in [5.41, 5.74) is 1.07. The zero-order valence-electron chi connectivity index (χ0n) is 14.1. The van der Waals surface area contributed by atoms with Crippen LogP contribution in [0.15, 0.2) is 48.5 Å². The molecule has 0 aliphatic heterocycles. The van der Waals surface area contributed by atoms with Crippen LogP contribution in [-0.2, 0) is 4.79 Å². The fourth-order valence-electron chi connectivity index (χ4n) is 2.67. The maximum Gasteiger partial charge on any atom is 0.294 e. The van der Waals surface area contributed by atoms with Gasteiger partial charge in [0.2, 0.25) is 0 Å². The number of carbonyl (C=O) groups excluding carboxylic acids is 1. The number of hydrogen-bond acceptors (Lipinski definition) is 3. The van der Waals surface area contributed by atoms with Gasteiger partial charge in [-0.05, 0) is 12.1 Å². The van der Waals surface area contributed by atoms with Crippen LogP contribution in [0.25, 0.3) is 0 Å². The van der Waals surface area contributed by atoms with Crippen LogP contribution in [0, 0.1) is 16.0 Å². The van der Waals surface area contributed by atoms with Crippen molar-refractivity contribution in [3.05, 3.63) is 69.2 Å². The molecule has 6 nitrogen and oxygen atoms in total. The monoisotopic (exact) mass is 362 g/mol. The Morgan fingerprint density at radius 2 is 1.92 bits per heavy atom. The summed E-state index contributed by atoms with van der Waals surface area (Å²) in [6.07, 6.45) is 0. The van der Waals surface area contributed by atoms with Crippen molar-refractivity contribution in [2.45, 2.75) is 19.9 Å². The van der Waals surface area contributed by atoms with Crippen LogP contribution in [-0.4, -0.2) is 17.4 Å². The van der Waals surface area contributed by atoms with Gasteiger partial charge in [-0.25, -0.2) is 0 Å². The Balaban J connectivity index is 2.04. The van der Waals surface area contributed by atoms with E-state index >= 15 is 0 Å². The second-order valence-electron chi connectivity index (χ2n) is 6.09. The highest BCUT2D eigenvalue weighted by Gasteiger charge is 2.22. The molecular formula is C18H21ClN3O3+. The largest absolute Gasteiger partial charge is 0.332 e. The number of nitrogens with one attached hydrogen (secondary N) is 1. The molecule has 0 aliphatic carbocycles. The SMILES string of the molecule is CC(C)[C@H]([NH2+]CC(=O)Nc1ccc(Cl)cc1[N+](=O)[O-])c1ccccc1. The Bertz CT molecular complexity index is 750. The quantitative estimate of drug-likeness (QED) is 0.585. The molecule has 0 saturated carbocycles. The molecule has 0 radical (unpaired) electrons. The number of nitro benzene ring substituents is 1. The summed E-state index contributed by atoms with van der Waals surface area (Å²) >= 11 is 5.78. The van der Waals surface area contributed by atoms with Gasteiger partial charge in [0, 0.05) is 22.6 Å². The smallest absolute Gasteiger partial charge is 0.294 e. The number of nitrogens with two attached hydrogens (primary N) is 1. The fraction of sp³-hybridized carbons (Fsp3) is 0.278. The van der Waals surface area contributed by atoms with Gasteiger partial charge in [-0.15, -0.1) is 0 Å². The number of carbonyl (C=O) groups is 1. The highest BCUT2D eigenvalue weighted by atomic mass is 35.5. The van der Waals surface area contributed by atoms with E-state index in [4.69, 9.17) is 11.6 Å². The molecule has 7 heteroatoms. The molecule has 0 unspecified atom stereocenters. The number of nitro groups is 1. The molecule has 0 heterocycles. The van der Waals surface area contributed by atoms with E-state index in [9.17, 15) is 14.9 Å². The van der Waals surface area contributed by atoms with Crippen LogP contribution in [0.1, 0.15) is 25.5 Å². The summed E-state index contributed by atoms with van der Waals surface area (Å²) in [5, 5.41) is 15.9. The summed E-state index contributed by atoms with van der Waals surface area (Å²) in [4.78, 5) is 22.8. The fourth-order valence-corrected chi connectivity index (χ4v) is 2.83. The van der Waals surface area contributed by atoms with Crippen molar-refractivity contribution in [3.63, 3.8) is 0 Å². The highest BCUT2D eigenvalue weighted by Crippen LogP contribution is 2.27. The average molecular weight is 363 g/mol. The number of halogens is 1. The van der Waals surface area contributed by atoms with E-state index in [1.54, 1.807) is 0 Å². The van der Waals surface area contributed by atoms with E-state index in [0.29, 0.717) is 5.92 Å². The Kier molecular flexibility index (Phi) is 6.50. The molecule has 0 bridgehead atoms. The van der Waals surface area contributed by atoms with Crippen molar-refractivity contribution < 1.29 is 15.0 Å². The lowest BCUT2D eigenvalue weighted by Gasteiger charge is -2.19. The maximum atomic E-state index is 12.2. The summed E-state index contributed by atoms with van der Waals surface area (Å²) in [6, 6.07) is 14.3. The van der Waals surface area contributed by atoms with E-state index in [-0.39, 0.29) is 34.9 Å². The second kappa shape index (κ2) is 8.60. The number of amides is 1. The Morgan fingerprint density at radius 1 is 1.24 bits per heavy atom.